The Morgan fingerprint density at radius 3 is 2.32 bits per heavy atom. The first-order chi connectivity index (χ1) is 13.4. The van der Waals surface area contributed by atoms with Crippen LogP contribution in [0.1, 0.15) is 12.5 Å². The Morgan fingerprint density at radius 1 is 1.14 bits per heavy atom. The lowest BCUT2D eigenvalue weighted by Gasteiger charge is -2.13. The molecule has 0 saturated carbocycles. The molecule has 0 fully saturated rings. The normalized spacial score (nSPS) is 11.3. The van der Waals surface area contributed by atoms with Crippen molar-refractivity contribution in [1.29, 1.82) is 5.26 Å². The molecule has 0 saturated heterocycles. The van der Waals surface area contributed by atoms with Gasteiger partial charge in [-0.1, -0.05) is 0 Å². The summed E-state index contributed by atoms with van der Waals surface area (Å²) in [5.41, 5.74) is 6.99. The third kappa shape index (κ3) is 4.62. The molecule has 140 valence electrons. The van der Waals surface area contributed by atoms with Crippen LogP contribution in [0.4, 0.5) is 10.2 Å². The van der Waals surface area contributed by atoms with Gasteiger partial charge in [-0.3, -0.25) is 4.79 Å². The lowest BCUT2D eigenvalue weighted by atomic mass is 10.1. The fourth-order valence-electron chi connectivity index (χ4n) is 2.44. The van der Waals surface area contributed by atoms with Crippen molar-refractivity contribution in [2.45, 2.75) is 13.0 Å². The SMILES string of the molecule is CC(Nc1cc(C#N)cc(-c2ccc(Oc3ccc(F)cc3)cc2)n1)C(N)=O. The number of nitrogens with two attached hydrogens (primary N) is 1. The molecular weight excluding hydrogens is 359 g/mol. The van der Waals surface area contributed by atoms with Gasteiger partial charge in [0, 0.05) is 5.56 Å². The number of carbonyl (C=O) groups excluding carboxylic acids is 1. The Bertz CT molecular complexity index is 1030. The largest absolute Gasteiger partial charge is 0.457 e. The van der Waals surface area contributed by atoms with E-state index < -0.39 is 11.9 Å². The molecule has 1 amide bonds. The molecule has 0 aliphatic rings. The molecule has 2 aromatic carbocycles. The number of carbonyl (C=O) groups is 1. The van der Waals surface area contributed by atoms with Gasteiger partial charge in [0.25, 0.3) is 0 Å². The molecule has 28 heavy (non-hydrogen) atoms. The summed E-state index contributed by atoms with van der Waals surface area (Å²) in [7, 11) is 0. The quantitative estimate of drug-likeness (QED) is 0.681. The molecule has 0 radical (unpaired) electrons. The van der Waals surface area contributed by atoms with Crippen LogP contribution in [0.25, 0.3) is 11.3 Å². The molecule has 1 aromatic heterocycles. The molecule has 1 atom stereocenters. The third-order valence-corrected chi connectivity index (χ3v) is 3.95. The Labute approximate surface area is 161 Å². The van der Waals surface area contributed by atoms with Gasteiger partial charge in [-0.25, -0.2) is 9.37 Å². The molecule has 3 rings (SSSR count). The highest BCUT2D eigenvalue weighted by atomic mass is 19.1. The first kappa shape index (κ1) is 18.9. The number of ether oxygens (including phenoxy) is 1. The summed E-state index contributed by atoms with van der Waals surface area (Å²) in [6.45, 7) is 1.62. The predicted molar refractivity (Wildman–Crippen MR) is 103 cm³/mol. The second-order valence-corrected chi connectivity index (χ2v) is 6.09. The van der Waals surface area contributed by atoms with Crippen molar-refractivity contribution in [2.24, 2.45) is 5.73 Å². The van der Waals surface area contributed by atoms with E-state index in [-0.39, 0.29) is 5.82 Å². The summed E-state index contributed by atoms with van der Waals surface area (Å²) in [6.07, 6.45) is 0. The fourth-order valence-corrected chi connectivity index (χ4v) is 2.44. The minimum absolute atomic E-state index is 0.332. The van der Waals surface area contributed by atoms with Gasteiger partial charge >= 0.3 is 0 Å². The lowest BCUT2D eigenvalue weighted by Crippen LogP contribution is -2.32. The van der Waals surface area contributed by atoms with Crippen LogP contribution in [0, 0.1) is 17.1 Å². The minimum atomic E-state index is -0.624. The fraction of sp³-hybridized carbons (Fsp3) is 0.0952. The van der Waals surface area contributed by atoms with Crippen molar-refractivity contribution < 1.29 is 13.9 Å². The first-order valence-corrected chi connectivity index (χ1v) is 8.46. The zero-order valence-electron chi connectivity index (χ0n) is 15.0. The average Bonchev–Trinajstić information content (AvgIpc) is 2.70. The van der Waals surface area contributed by atoms with E-state index >= 15 is 0 Å². The van der Waals surface area contributed by atoms with Gasteiger partial charge in [0.15, 0.2) is 0 Å². The summed E-state index contributed by atoms with van der Waals surface area (Å²) in [6, 6.07) is 17.5. The van der Waals surface area contributed by atoms with Gasteiger partial charge in [0.05, 0.1) is 17.3 Å². The Balaban J connectivity index is 1.83. The highest BCUT2D eigenvalue weighted by molar-refractivity contribution is 5.82. The van der Waals surface area contributed by atoms with E-state index in [0.717, 1.165) is 5.56 Å². The topological polar surface area (TPSA) is 101 Å². The van der Waals surface area contributed by atoms with Gasteiger partial charge in [0.1, 0.15) is 29.2 Å². The van der Waals surface area contributed by atoms with Crippen molar-refractivity contribution >= 4 is 11.7 Å². The molecule has 1 unspecified atom stereocenters. The number of aromatic nitrogens is 1. The van der Waals surface area contributed by atoms with Crippen molar-refractivity contribution in [3.63, 3.8) is 0 Å². The van der Waals surface area contributed by atoms with Crippen LogP contribution in [-0.2, 0) is 4.79 Å². The van der Waals surface area contributed by atoms with Gasteiger partial charge < -0.3 is 15.8 Å². The van der Waals surface area contributed by atoms with Crippen LogP contribution in [0.15, 0.2) is 60.7 Å². The average molecular weight is 376 g/mol. The van der Waals surface area contributed by atoms with Gasteiger partial charge in [0.2, 0.25) is 5.91 Å². The van der Waals surface area contributed by atoms with Crippen LogP contribution in [0.2, 0.25) is 0 Å². The number of nitrogens with zero attached hydrogens (tertiary/aromatic N) is 2. The second-order valence-electron chi connectivity index (χ2n) is 6.09. The maximum Gasteiger partial charge on any atom is 0.239 e. The predicted octanol–water partition coefficient (Wildman–Crippen LogP) is 3.84. The number of anilines is 1. The standard InChI is InChI=1S/C21H17FN4O2/c1-13(21(24)27)25-20-11-14(12-23)10-19(26-20)15-2-6-17(7-3-15)28-18-8-4-16(22)5-9-18/h2-11,13H,1H3,(H2,24,27)(H,25,26). The number of primary amides is 1. The van der Waals surface area contributed by atoms with E-state index in [1.54, 1.807) is 55.5 Å². The first-order valence-electron chi connectivity index (χ1n) is 8.46. The summed E-state index contributed by atoms with van der Waals surface area (Å²) in [5.74, 6) is 0.624. The minimum Gasteiger partial charge on any atom is -0.457 e. The van der Waals surface area contributed by atoms with Crippen molar-refractivity contribution in [1.82, 2.24) is 4.98 Å². The zero-order valence-corrected chi connectivity index (χ0v) is 15.0. The summed E-state index contributed by atoms with van der Waals surface area (Å²) >= 11 is 0. The number of amides is 1. The van der Waals surface area contributed by atoms with Crippen molar-refractivity contribution in [3.05, 3.63) is 72.0 Å². The molecule has 1 heterocycles. The van der Waals surface area contributed by atoms with Crippen LogP contribution in [0.3, 0.4) is 0 Å². The number of pyridine rings is 1. The van der Waals surface area contributed by atoms with Crippen LogP contribution in [-0.4, -0.2) is 16.9 Å². The molecular formula is C21H17FN4O2. The molecule has 0 bridgehead atoms. The number of hydrogen-bond donors (Lipinski definition) is 2. The molecule has 0 spiro atoms. The Morgan fingerprint density at radius 2 is 1.75 bits per heavy atom. The number of nitriles is 1. The highest BCUT2D eigenvalue weighted by Gasteiger charge is 2.11. The van der Waals surface area contributed by atoms with E-state index in [9.17, 15) is 14.4 Å². The van der Waals surface area contributed by atoms with Gasteiger partial charge in [-0.05, 0) is 67.6 Å². The van der Waals surface area contributed by atoms with Crippen LogP contribution in [0.5, 0.6) is 11.5 Å². The van der Waals surface area contributed by atoms with E-state index in [4.69, 9.17) is 10.5 Å². The van der Waals surface area contributed by atoms with Gasteiger partial charge in [-0.2, -0.15) is 5.26 Å². The zero-order chi connectivity index (χ0) is 20.1. The van der Waals surface area contributed by atoms with E-state index in [2.05, 4.69) is 16.4 Å². The molecule has 0 aliphatic carbocycles. The lowest BCUT2D eigenvalue weighted by molar-refractivity contribution is -0.118. The summed E-state index contributed by atoms with van der Waals surface area (Å²) < 4.78 is 18.6. The Kier molecular flexibility index (Phi) is 5.51. The van der Waals surface area contributed by atoms with E-state index in [1.807, 2.05) is 0 Å². The maximum atomic E-state index is 13.0. The van der Waals surface area contributed by atoms with E-state index in [0.29, 0.717) is 28.6 Å². The molecule has 3 aromatic rings. The van der Waals surface area contributed by atoms with E-state index in [1.165, 1.54) is 12.1 Å². The molecule has 0 aliphatic heterocycles. The van der Waals surface area contributed by atoms with Gasteiger partial charge in [-0.15, -0.1) is 0 Å². The van der Waals surface area contributed by atoms with Crippen LogP contribution >= 0.6 is 0 Å². The monoisotopic (exact) mass is 376 g/mol. The third-order valence-electron chi connectivity index (χ3n) is 3.95. The number of benzene rings is 2. The number of rotatable bonds is 6. The summed E-state index contributed by atoms with van der Waals surface area (Å²) in [4.78, 5) is 15.7. The summed E-state index contributed by atoms with van der Waals surface area (Å²) in [5, 5.41) is 12.1. The van der Waals surface area contributed by atoms with Crippen LogP contribution < -0.4 is 15.8 Å². The Hall–Kier alpha value is -3.92. The van der Waals surface area contributed by atoms with Crippen molar-refractivity contribution in [2.75, 3.05) is 5.32 Å². The van der Waals surface area contributed by atoms with Crippen molar-refractivity contribution in [3.8, 4) is 28.8 Å². The highest BCUT2D eigenvalue weighted by Crippen LogP contribution is 2.26. The smallest absolute Gasteiger partial charge is 0.239 e. The molecule has 3 N–H and O–H groups in total. The number of halogens is 1. The number of nitrogens with one attached hydrogen (secondary N) is 1. The second kappa shape index (κ2) is 8.18. The number of hydrogen-bond acceptors (Lipinski definition) is 5. The molecule has 7 heteroatoms. The maximum absolute atomic E-state index is 13.0. The molecule has 6 nitrogen and oxygen atoms in total.